The lowest BCUT2D eigenvalue weighted by molar-refractivity contribution is -0.112. The van der Waals surface area contributed by atoms with Gasteiger partial charge in [-0.2, -0.15) is 0 Å². The standard InChI is InChI=1S/C21H26O2Si/c1-18(22)12-11-17-23-24(21(2,3)4,19-13-7-5-8-14-19)20-15-9-6-10-16-20/h5-16H,17H2,1-4H3/b12-11+. The molecule has 0 fully saturated rings. The molecular formula is C21H26O2Si. The lowest BCUT2D eigenvalue weighted by Gasteiger charge is -2.42. The van der Waals surface area contributed by atoms with E-state index < -0.39 is 8.32 Å². The summed E-state index contributed by atoms with van der Waals surface area (Å²) in [5.74, 6) is 0.0426. The SMILES string of the molecule is CC(=O)/C=C/CO[Si](c1ccccc1)(c1ccccc1)C(C)(C)C. The smallest absolute Gasteiger partial charge is 0.261 e. The summed E-state index contributed by atoms with van der Waals surface area (Å²) in [4.78, 5) is 11.2. The van der Waals surface area contributed by atoms with Gasteiger partial charge in [0.25, 0.3) is 8.32 Å². The van der Waals surface area contributed by atoms with E-state index >= 15 is 0 Å². The van der Waals surface area contributed by atoms with Crippen molar-refractivity contribution < 1.29 is 9.22 Å². The highest BCUT2D eigenvalue weighted by Gasteiger charge is 2.49. The van der Waals surface area contributed by atoms with E-state index in [0.717, 1.165) is 0 Å². The molecule has 2 aromatic rings. The Hall–Kier alpha value is -1.97. The van der Waals surface area contributed by atoms with E-state index in [1.54, 1.807) is 13.0 Å². The Morgan fingerprint density at radius 1 is 0.958 bits per heavy atom. The van der Waals surface area contributed by atoms with E-state index in [1.807, 2.05) is 18.2 Å². The second-order valence-corrected chi connectivity index (χ2v) is 11.3. The molecule has 0 N–H and O–H groups in total. The highest BCUT2D eigenvalue weighted by atomic mass is 28.4. The van der Waals surface area contributed by atoms with Crippen molar-refractivity contribution >= 4 is 24.5 Å². The number of ketones is 1. The molecule has 0 aliphatic heterocycles. The molecule has 0 atom stereocenters. The first-order valence-corrected chi connectivity index (χ1v) is 10.2. The van der Waals surface area contributed by atoms with E-state index in [1.165, 1.54) is 10.4 Å². The normalized spacial score (nSPS) is 12.5. The molecule has 0 amide bonds. The van der Waals surface area contributed by atoms with Crippen LogP contribution in [0.5, 0.6) is 0 Å². The molecule has 0 aromatic heterocycles. The molecule has 2 rings (SSSR count). The Morgan fingerprint density at radius 3 is 1.79 bits per heavy atom. The molecule has 0 saturated heterocycles. The minimum absolute atomic E-state index is 0.0419. The van der Waals surface area contributed by atoms with E-state index in [9.17, 15) is 4.79 Å². The first kappa shape index (κ1) is 18.4. The first-order chi connectivity index (χ1) is 11.4. The molecule has 0 aliphatic rings. The molecule has 2 nitrogen and oxygen atoms in total. The molecule has 0 bridgehead atoms. The topological polar surface area (TPSA) is 26.3 Å². The number of rotatable bonds is 6. The average Bonchev–Trinajstić information content (AvgIpc) is 2.55. The lowest BCUT2D eigenvalue weighted by atomic mass is 10.2. The second kappa shape index (κ2) is 7.73. The monoisotopic (exact) mass is 338 g/mol. The van der Waals surface area contributed by atoms with Gasteiger partial charge in [0.1, 0.15) is 0 Å². The van der Waals surface area contributed by atoms with Crippen LogP contribution in [-0.2, 0) is 9.22 Å². The van der Waals surface area contributed by atoms with Crippen LogP contribution in [0.4, 0.5) is 0 Å². The van der Waals surface area contributed by atoms with Gasteiger partial charge in [-0.05, 0) is 28.4 Å². The zero-order valence-corrected chi connectivity index (χ0v) is 16.0. The van der Waals surface area contributed by atoms with Gasteiger partial charge in [0.05, 0.1) is 6.61 Å². The zero-order chi connectivity index (χ0) is 17.6. The molecule has 0 unspecified atom stereocenters. The minimum Gasteiger partial charge on any atom is -0.404 e. The van der Waals surface area contributed by atoms with E-state index in [-0.39, 0.29) is 10.8 Å². The summed E-state index contributed by atoms with van der Waals surface area (Å²) in [5, 5.41) is 2.46. The van der Waals surface area contributed by atoms with Crippen LogP contribution in [-0.4, -0.2) is 20.7 Å². The molecule has 3 heteroatoms. The molecule has 0 radical (unpaired) electrons. The Bertz CT molecular complexity index is 645. The molecule has 0 aliphatic carbocycles. The summed E-state index contributed by atoms with van der Waals surface area (Å²) < 4.78 is 6.62. The predicted molar refractivity (Wildman–Crippen MR) is 103 cm³/mol. The highest BCUT2D eigenvalue weighted by molar-refractivity contribution is 6.99. The van der Waals surface area contributed by atoms with Crippen molar-refractivity contribution in [1.82, 2.24) is 0 Å². The fourth-order valence-electron chi connectivity index (χ4n) is 3.15. The fourth-order valence-corrected chi connectivity index (χ4v) is 7.65. The number of carbonyl (C=O) groups excluding carboxylic acids is 1. The van der Waals surface area contributed by atoms with Gasteiger partial charge < -0.3 is 4.43 Å². The van der Waals surface area contributed by atoms with E-state index in [0.29, 0.717) is 6.61 Å². The third-order valence-corrected chi connectivity index (χ3v) is 9.17. The summed E-state index contributed by atoms with van der Waals surface area (Å²) >= 11 is 0. The molecule has 24 heavy (non-hydrogen) atoms. The summed E-state index contributed by atoms with van der Waals surface area (Å²) in [6.45, 7) is 8.72. The van der Waals surface area contributed by atoms with Crippen molar-refractivity contribution in [3.63, 3.8) is 0 Å². The van der Waals surface area contributed by atoms with Crippen molar-refractivity contribution in [3.05, 3.63) is 72.8 Å². The van der Waals surface area contributed by atoms with Crippen molar-refractivity contribution in [2.75, 3.05) is 6.61 Å². The highest BCUT2D eigenvalue weighted by Crippen LogP contribution is 2.36. The average molecular weight is 339 g/mol. The summed E-state index contributed by atoms with van der Waals surface area (Å²) in [7, 11) is -2.48. The molecule has 0 saturated carbocycles. The van der Waals surface area contributed by atoms with Crippen LogP contribution in [0.25, 0.3) is 0 Å². The Labute approximate surface area is 146 Å². The Kier molecular flexibility index (Phi) is 5.92. The summed E-state index contributed by atoms with van der Waals surface area (Å²) in [6.07, 6.45) is 3.40. The summed E-state index contributed by atoms with van der Waals surface area (Å²) in [5.41, 5.74) is 0. The van der Waals surface area contributed by atoms with Crippen molar-refractivity contribution in [1.29, 1.82) is 0 Å². The number of hydrogen-bond donors (Lipinski definition) is 0. The first-order valence-electron chi connectivity index (χ1n) is 8.30. The van der Waals surface area contributed by atoms with Gasteiger partial charge in [-0.15, -0.1) is 0 Å². The Morgan fingerprint density at radius 2 is 1.42 bits per heavy atom. The van der Waals surface area contributed by atoms with Gasteiger partial charge in [0.15, 0.2) is 5.78 Å². The van der Waals surface area contributed by atoms with E-state index in [4.69, 9.17) is 4.43 Å². The molecule has 126 valence electrons. The summed E-state index contributed by atoms with van der Waals surface area (Å²) in [6, 6.07) is 21.0. The van der Waals surface area contributed by atoms with Crippen LogP contribution in [0.1, 0.15) is 27.7 Å². The number of benzene rings is 2. The van der Waals surface area contributed by atoms with Crippen LogP contribution in [0.15, 0.2) is 72.8 Å². The molecule has 0 heterocycles. The maximum Gasteiger partial charge on any atom is 0.261 e. The van der Waals surface area contributed by atoms with Crippen molar-refractivity contribution in [2.24, 2.45) is 0 Å². The fraction of sp³-hybridized carbons (Fsp3) is 0.286. The van der Waals surface area contributed by atoms with Crippen LogP contribution in [0.2, 0.25) is 5.04 Å². The second-order valence-electron chi connectivity index (χ2n) is 6.99. The van der Waals surface area contributed by atoms with Gasteiger partial charge >= 0.3 is 0 Å². The van der Waals surface area contributed by atoms with Crippen molar-refractivity contribution in [3.8, 4) is 0 Å². The lowest BCUT2D eigenvalue weighted by Crippen LogP contribution is -2.66. The van der Waals surface area contributed by atoms with Crippen LogP contribution in [0.3, 0.4) is 0 Å². The van der Waals surface area contributed by atoms with Gasteiger partial charge in [-0.1, -0.05) is 87.5 Å². The quantitative estimate of drug-likeness (QED) is 0.593. The molecule has 0 spiro atoms. The maximum atomic E-state index is 11.2. The van der Waals surface area contributed by atoms with Crippen molar-refractivity contribution in [2.45, 2.75) is 32.7 Å². The predicted octanol–water partition coefficient (Wildman–Crippen LogP) is 3.71. The van der Waals surface area contributed by atoms with Gasteiger partial charge in [-0.3, -0.25) is 4.79 Å². The minimum atomic E-state index is -2.48. The third kappa shape index (κ3) is 3.92. The maximum absolute atomic E-state index is 11.2. The van der Waals surface area contributed by atoms with Gasteiger partial charge in [0.2, 0.25) is 0 Å². The number of hydrogen-bond acceptors (Lipinski definition) is 2. The van der Waals surface area contributed by atoms with Gasteiger partial charge in [0, 0.05) is 0 Å². The van der Waals surface area contributed by atoms with E-state index in [2.05, 4.69) is 69.3 Å². The zero-order valence-electron chi connectivity index (χ0n) is 15.0. The number of allylic oxidation sites excluding steroid dienone is 1. The van der Waals surface area contributed by atoms with Crippen LogP contribution in [0, 0.1) is 0 Å². The van der Waals surface area contributed by atoms with Crippen LogP contribution >= 0.6 is 0 Å². The Balaban J connectivity index is 2.55. The molecular weight excluding hydrogens is 312 g/mol. The third-order valence-electron chi connectivity index (χ3n) is 4.17. The van der Waals surface area contributed by atoms with Gasteiger partial charge in [-0.25, -0.2) is 0 Å². The largest absolute Gasteiger partial charge is 0.404 e. The number of carbonyl (C=O) groups is 1. The molecule has 2 aromatic carbocycles. The van der Waals surface area contributed by atoms with Crippen LogP contribution < -0.4 is 10.4 Å².